The first-order valence-electron chi connectivity index (χ1n) is 9.26. The van der Waals surface area contributed by atoms with Gasteiger partial charge in [-0.25, -0.2) is 0 Å². The van der Waals surface area contributed by atoms with Crippen LogP contribution < -0.4 is 16.8 Å². The van der Waals surface area contributed by atoms with Crippen LogP contribution in [0.4, 0.5) is 13.2 Å². The van der Waals surface area contributed by atoms with Crippen LogP contribution in [-0.4, -0.2) is 5.84 Å². The van der Waals surface area contributed by atoms with Crippen LogP contribution in [0.2, 0.25) is 0 Å². The molecule has 0 bridgehead atoms. The molecule has 152 valence electrons. The Morgan fingerprint density at radius 2 is 1.76 bits per heavy atom. The third-order valence-electron chi connectivity index (χ3n) is 4.76. The minimum atomic E-state index is -4.50. The number of nitrogens with zero attached hydrogens (tertiary/aromatic N) is 1. The number of benzene rings is 2. The molecule has 4 nitrogen and oxygen atoms in total. The quantitative estimate of drug-likeness (QED) is 0.652. The molecule has 2 aromatic rings. The number of halogens is 3. The lowest BCUT2D eigenvalue weighted by molar-refractivity contribution is -0.137. The molecule has 0 aromatic heterocycles. The van der Waals surface area contributed by atoms with E-state index in [0.717, 1.165) is 23.6 Å². The Hall–Kier alpha value is -3.22. The van der Waals surface area contributed by atoms with Crippen LogP contribution >= 0.6 is 0 Å². The summed E-state index contributed by atoms with van der Waals surface area (Å²) in [5.74, 6) is 0.756. The maximum Gasteiger partial charge on any atom is 0.417 e. The minimum absolute atomic E-state index is 0.0232. The average Bonchev–Trinajstić information content (AvgIpc) is 3.03. The molecule has 1 heterocycles. The third kappa shape index (κ3) is 4.29. The van der Waals surface area contributed by atoms with Gasteiger partial charge in [0.25, 0.3) is 0 Å². The van der Waals surface area contributed by atoms with Crippen molar-refractivity contribution in [1.29, 1.82) is 0 Å². The first-order valence-corrected chi connectivity index (χ1v) is 9.26. The Morgan fingerprint density at radius 3 is 2.41 bits per heavy atom. The fourth-order valence-electron chi connectivity index (χ4n) is 3.41. The summed E-state index contributed by atoms with van der Waals surface area (Å²) < 4.78 is 40.3. The van der Waals surface area contributed by atoms with Gasteiger partial charge in [0.1, 0.15) is 11.7 Å². The molecule has 1 unspecified atom stereocenters. The highest BCUT2D eigenvalue weighted by Gasteiger charge is 2.34. The largest absolute Gasteiger partial charge is 0.417 e. The SMILES string of the molecule is CCC1N=C(N/C(N)=C/C(=C(/C)N)c2ccccc2C(F)(F)F)c2ccccc21. The molecule has 0 fully saturated rings. The second-order valence-electron chi connectivity index (χ2n) is 6.85. The van der Waals surface area contributed by atoms with E-state index in [1.807, 2.05) is 31.2 Å². The molecule has 0 aliphatic carbocycles. The van der Waals surface area contributed by atoms with Gasteiger partial charge in [-0.2, -0.15) is 13.2 Å². The number of hydrogen-bond donors (Lipinski definition) is 3. The van der Waals surface area contributed by atoms with Gasteiger partial charge in [-0.05, 0) is 36.6 Å². The number of rotatable bonds is 4. The van der Waals surface area contributed by atoms with Crippen LogP contribution in [-0.2, 0) is 6.18 Å². The van der Waals surface area contributed by atoms with Crippen molar-refractivity contribution in [1.82, 2.24) is 5.32 Å². The second kappa shape index (κ2) is 8.03. The summed E-state index contributed by atoms with van der Waals surface area (Å²) in [6.45, 7) is 3.58. The van der Waals surface area contributed by atoms with Crippen LogP contribution in [0.5, 0.6) is 0 Å². The molecule has 3 rings (SSSR count). The highest BCUT2D eigenvalue weighted by molar-refractivity contribution is 6.03. The maximum atomic E-state index is 13.4. The Labute approximate surface area is 167 Å². The number of amidine groups is 1. The first-order chi connectivity index (χ1) is 13.7. The van der Waals surface area contributed by atoms with Gasteiger partial charge in [0, 0.05) is 16.8 Å². The molecule has 0 saturated heterocycles. The van der Waals surface area contributed by atoms with Crippen molar-refractivity contribution in [2.24, 2.45) is 16.5 Å². The molecule has 7 heteroatoms. The third-order valence-corrected chi connectivity index (χ3v) is 4.76. The van der Waals surface area contributed by atoms with Crippen molar-refractivity contribution in [3.8, 4) is 0 Å². The predicted molar refractivity (Wildman–Crippen MR) is 110 cm³/mol. The van der Waals surface area contributed by atoms with Crippen molar-refractivity contribution < 1.29 is 13.2 Å². The highest BCUT2D eigenvalue weighted by Crippen LogP contribution is 2.36. The van der Waals surface area contributed by atoms with Crippen LogP contribution in [0.3, 0.4) is 0 Å². The van der Waals surface area contributed by atoms with E-state index in [1.54, 1.807) is 6.92 Å². The summed E-state index contributed by atoms with van der Waals surface area (Å²) in [6.07, 6.45) is -2.25. The average molecular weight is 400 g/mol. The maximum absolute atomic E-state index is 13.4. The van der Waals surface area contributed by atoms with Gasteiger partial charge in [0.15, 0.2) is 0 Å². The second-order valence-corrected chi connectivity index (χ2v) is 6.85. The van der Waals surface area contributed by atoms with Crippen LogP contribution in [0.15, 0.2) is 71.1 Å². The number of nitrogens with two attached hydrogens (primary N) is 2. The predicted octanol–water partition coefficient (Wildman–Crippen LogP) is 4.70. The van der Waals surface area contributed by atoms with Crippen LogP contribution in [0, 0.1) is 0 Å². The van der Waals surface area contributed by atoms with E-state index in [-0.39, 0.29) is 28.7 Å². The van der Waals surface area contributed by atoms with Crippen LogP contribution in [0.1, 0.15) is 48.6 Å². The first kappa shape index (κ1) is 20.5. The lowest BCUT2D eigenvalue weighted by Gasteiger charge is -2.16. The number of alkyl halides is 3. The summed E-state index contributed by atoms with van der Waals surface area (Å²) in [7, 11) is 0. The number of nitrogens with one attached hydrogen (secondary N) is 1. The molecule has 0 amide bonds. The number of aliphatic imine (C=N–C) groups is 1. The summed E-state index contributed by atoms with van der Waals surface area (Å²) in [5.41, 5.74) is 13.7. The lowest BCUT2D eigenvalue weighted by Crippen LogP contribution is -2.27. The zero-order chi connectivity index (χ0) is 21.2. The smallest absolute Gasteiger partial charge is 0.402 e. The van der Waals surface area contributed by atoms with E-state index in [9.17, 15) is 13.2 Å². The summed E-state index contributed by atoms with van der Waals surface area (Å²) >= 11 is 0. The molecular weight excluding hydrogens is 377 g/mol. The summed E-state index contributed by atoms with van der Waals surface area (Å²) in [5, 5.41) is 3.03. The van der Waals surface area contributed by atoms with Gasteiger partial charge in [0.2, 0.25) is 0 Å². The summed E-state index contributed by atoms with van der Waals surface area (Å²) in [6, 6.07) is 13.1. The van der Waals surface area contributed by atoms with Crippen molar-refractivity contribution in [2.75, 3.05) is 0 Å². The molecule has 0 saturated carbocycles. The number of fused-ring (bicyclic) bond motifs is 1. The zero-order valence-corrected chi connectivity index (χ0v) is 16.2. The van der Waals surface area contributed by atoms with E-state index < -0.39 is 11.7 Å². The lowest BCUT2D eigenvalue weighted by atomic mass is 9.97. The van der Waals surface area contributed by atoms with Gasteiger partial charge in [-0.15, -0.1) is 0 Å². The Bertz CT molecular complexity index is 999. The Kier molecular flexibility index (Phi) is 5.68. The number of allylic oxidation sites excluding steroid dienone is 3. The summed E-state index contributed by atoms with van der Waals surface area (Å²) in [4.78, 5) is 4.65. The minimum Gasteiger partial charge on any atom is -0.402 e. The van der Waals surface area contributed by atoms with E-state index in [2.05, 4.69) is 10.3 Å². The monoisotopic (exact) mass is 400 g/mol. The number of hydrogen-bond acceptors (Lipinski definition) is 4. The van der Waals surface area contributed by atoms with Crippen molar-refractivity contribution in [3.05, 3.63) is 88.4 Å². The van der Waals surface area contributed by atoms with Gasteiger partial charge in [0.05, 0.1) is 11.6 Å². The van der Waals surface area contributed by atoms with Crippen molar-refractivity contribution >= 4 is 11.4 Å². The van der Waals surface area contributed by atoms with Gasteiger partial charge in [-0.1, -0.05) is 49.4 Å². The molecule has 0 spiro atoms. The fourth-order valence-corrected chi connectivity index (χ4v) is 3.41. The highest BCUT2D eigenvalue weighted by atomic mass is 19.4. The Morgan fingerprint density at radius 1 is 1.10 bits per heavy atom. The van der Waals surface area contributed by atoms with E-state index in [4.69, 9.17) is 11.5 Å². The molecule has 5 N–H and O–H groups in total. The van der Waals surface area contributed by atoms with E-state index >= 15 is 0 Å². The van der Waals surface area contributed by atoms with Crippen molar-refractivity contribution in [2.45, 2.75) is 32.5 Å². The Balaban J connectivity index is 1.96. The van der Waals surface area contributed by atoms with Gasteiger partial charge >= 0.3 is 6.18 Å². The standard InChI is InChI=1S/C22H23F3N4/c1-3-19-15-9-4-5-10-16(15)21(28-19)29-20(27)12-17(13(2)26)14-8-6-7-11-18(14)22(23,24)25/h4-12,19H,3,26-27H2,1-2H3,(H,28,29)/b17-13+,20-12+. The molecule has 0 radical (unpaired) electrons. The van der Waals surface area contributed by atoms with E-state index in [0.29, 0.717) is 5.84 Å². The topological polar surface area (TPSA) is 76.4 Å². The molecular formula is C22H23F3N4. The zero-order valence-electron chi connectivity index (χ0n) is 16.2. The molecule has 2 aromatic carbocycles. The molecule has 1 aliphatic rings. The molecule has 29 heavy (non-hydrogen) atoms. The fraction of sp³-hybridized carbons (Fsp3) is 0.227. The molecule has 1 aliphatic heterocycles. The van der Waals surface area contributed by atoms with Crippen molar-refractivity contribution in [3.63, 3.8) is 0 Å². The molecule has 1 atom stereocenters. The van der Waals surface area contributed by atoms with E-state index in [1.165, 1.54) is 24.3 Å². The van der Waals surface area contributed by atoms with Gasteiger partial charge < -0.3 is 16.8 Å². The van der Waals surface area contributed by atoms with Crippen LogP contribution in [0.25, 0.3) is 5.57 Å². The normalized spacial score (nSPS) is 17.5. The van der Waals surface area contributed by atoms with Gasteiger partial charge in [-0.3, -0.25) is 4.99 Å².